The van der Waals surface area contributed by atoms with Crippen molar-refractivity contribution in [2.24, 2.45) is 0 Å². The average molecular weight is 275 g/mol. The standard InChI is InChI=1S/C18H13NO2/c20-18(21)16-12-14(11-10-13-6-2-1-3-7-13)19-17-9-5-4-8-15(16)17/h1-12H,(H,20,21)/b11-10+. The molecule has 0 atom stereocenters. The first-order valence-electron chi connectivity index (χ1n) is 6.60. The molecule has 0 aliphatic carbocycles. The van der Waals surface area contributed by atoms with Gasteiger partial charge in [-0.15, -0.1) is 0 Å². The molecular weight excluding hydrogens is 262 g/mol. The summed E-state index contributed by atoms with van der Waals surface area (Å²) in [6.07, 6.45) is 3.75. The first kappa shape index (κ1) is 13.1. The summed E-state index contributed by atoms with van der Waals surface area (Å²) >= 11 is 0. The molecule has 0 amide bonds. The van der Waals surface area contributed by atoms with Crippen molar-refractivity contribution in [3.05, 3.63) is 77.5 Å². The van der Waals surface area contributed by atoms with Gasteiger partial charge < -0.3 is 5.11 Å². The molecule has 0 saturated carbocycles. The normalized spacial score (nSPS) is 11.0. The van der Waals surface area contributed by atoms with Crippen LogP contribution in [0.25, 0.3) is 23.1 Å². The minimum Gasteiger partial charge on any atom is -0.478 e. The Kier molecular flexibility index (Phi) is 3.48. The van der Waals surface area contributed by atoms with Gasteiger partial charge in [-0.1, -0.05) is 54.6 Å². The predicted octanol–water partition coefficient (Wildman–Crippen LogP) is 4.10. The van der Waals surface area contributed by atoms with E-state index in [4.69, 9.17) is 0 Å². The molecule has 3 nitrogen and oxygen atoms in total. The van der Waals surface area contributed by atoms with Crippen LogP contribution in [0, 0.1) is 0 Å². The lowest BCUT2D eigenvalue weighted by atomic mass is 10.1. The number of hydrogen-bond acceptors (Lipinski definition) is 2. The Balaban J connectivity index is 2.07. The van der Waals surface area contributed by atoms with Crippen LogP contribution in [0.15, 0.2) is 60.7 Å². The van der Waals surface area contributed by atoms with Crippen LogP contribution in [-0.4, -0.2) is 16.1 Å². The fourth-order valence-electron chi connectivity index (χ4n) is 2.20. The molecule has 0 aliphatic heterocycles. The third kappa shape index (κ3) is 2.82. The second kappa shape index (κ2) is 5.59. The number of nitrogens with zero attached hydrogens (tertiary/aromatic N) is 1. The molecule has 1 heterocycles. The van der Waals surface area contributed by atoms with E-state index >= 15 is 0 Å². The summed E-state index contributed by atoms with van der Waals surface area (Å²) in [5.74, 6) is -0.942. The summed E-state index contributed by atoms with van der Waals surface area (Å²) in [4.78, 5) is 15.9. The highest BCUT2D eigenvalue weighted by molar-refractivity contribution is 6.03. The zero-order chi connectivity index (χ0) is 14.7. The summed E-state index contributed by atoms with van der Waals surface area (Å²) in [7, 11) is 0. The van der Waals surface area contributed by atoms with Crippen LogP contribution in [0.2, 0.25) is 0 Å². The molecule has 3 aromatic rings. The summed E-state index contributed by atoms with van der Waals surface area (Å²) in [5.41, 5.74) is 2.64. The van der Waals surface area contributed by atoms with E-state index in [1.54, 1.807) is 12.1 Å². The molecule has 0 spiro atoms. The Labute approximate surface area is 122 Å². The minimum atomic E-state index is -0.942. The highest BCUT2D eigenvalue weighted by atomic mass is 16.4. The van der Waals surface area contributed by atoms with Crippen molar-refractivity contribution in [1.82, 2.24) is 4.98 Å². The monoisotopic (exact) mass is 275 g/mol. The second-order valence-electron chi connectivity index (χ2n) is 4.66. The number of benzene rings is 2. The third-order valence-corrected chi connectivity index (χ3v) is 3.21. The lowest BCUT2D eigenvalue weighted by molar-refractivity contribution is 0.0699. The van der Waals surface area contributed by atoms with Gasteiger partial charge in [0.15, 0.2) is 0 Å². The average Bonchev–Trinajstić information content (AvgIpc) is 2.53. The molecule has 1 aromatic heterocycles. The Bertz CT molecular complexity index is 823. The Morgan fingerprint density at radius 2 is 1.67 bits per heavy atom. The van der Waals surface area contributed by atoms with Gasteiger partial charge in [0.1, 0.15) is 0 Å². The quantitative estimate of drug-likeness (QED) is 0.782. The van der Waals surface area contributed by atoms with E-state index in [0.29, 0.717) is 16.6 Å². The van der Waals surface area contributed by atoms with Crippen LogP contribution in [0.4, 0.5) is 0 Å². The topological polar surface area (TPSA) is 50.2 Å². The molecule has 0 aliphatic rings. The van der Waals surface area contributed by atoms with Gasteiger partial charge in [-0.05, 0) is 23.8 Å². The number of rotatable bonds is 3. The number of pyridine rings is 1. The van der Waals surface area contributed by atoms with Gasteiger partial charge in [-0.3, -0.25) is 0 Å². The van der Waals surface area contributed by atoms with Crippen molar-refractivity contribution in [3.8, 4) is 0 Å². The number of aromatic nitrogens is 1. The molecule has 3 rings (SSSR count). The highest BCUT2D eigenvalue weighted by Gasteiger charge is 2.10. The van der Waals surface area contributed by atoms with E-state index in [9.17, 15) is 9.90 Å². The maximum atomic E-state index is 11.4. The maximum absolute atomic E-state index is 11.4. The van der Waals surface area contributed by atoms with E-state index < -0.39 is 5.97 Å². The van der Waals surface area contributed by atoms with Crippen LogP contribution in [-0.2, 0) is 0 Å². The molecule has 2 aromatic carbocycles. The van der Waals surface area contributed by atoms with Gasteiger partial charge in [0, 0.05) is 5.39 Å². The number of aromatic carboxylic acids is 1. The van der Waals surface area contributed by atoms with E-state index in [-0.39, 0.29) is 5.56 Å². The van der Waals surface area contributed by atoms with E-state index in [0.717, 1.165) is 5.56 Å². The van der Waals surface area contributed by atoms with Crippen LogP contribution >= 0.6 is 0 Å². The van der Waals surface area contributed by atoms with Crippen molar-refractivity contribution >= 4 is 29.0 Å². The largest absolute Gasteiger partial charge is 0.478 e. The van der Waals surface area contributed by atoms with E-state index in [1.165, 1.54) is 0 Å². The first-order chi connectivity index (χ1) is 10.2. The fraction of sp³-hybridized carbons (Fsp3) is 0. The Morgan fingerprint density at radius 3 is 2.43 bits per heavy atom. The van der Waals surface area contributed by atoms with Crippen LogP contribution in [0.5, 0.6) is 0 Å². The highest BCUT2D eigenvalue weighted by Crippen LogP contribution is 2.19. The van der Waals surface area contributed by atoms with Crippen molar-refractivity contribution in [3.63, 3.8) is 0 Å². The first-order valence-corrected chi connectivity index (χ1v) is 6.60. The third-order valence-electron chi connectivity index (χ3n) is 3.21. The van der Waals surface area contributed by atoms with E-state index in [2.05, 4.69) is 4.98 Å². The van der Waals surface area contributed by atoms with Gasteiger partial charge in [-0.25, -0.2) is 9.78 Å². The fourth-order valence-corrected chi connectivity index (χ4v) is 2.20. The van der Waals surface area contributed by atoms with Gasteiger partial charge in [0.25, 0.3) is 0 Å². The number of carbonyl (C=O) groups is 1. The SMILES string of the molecule is O=C(O)c1cc(/C=C/c2ccccc2)nc2ccccc12. The molecule has 0 radical (unpaired) electrons. The maximum Gasteiger partial charge on any atom is 0.336 e. The molecular formula is C18H13NO2. The van der Waals surface area contributed by atoms with Gasteiger partial charge >= 0.3 is 5.97 Å². The Hall–Kier alpha value is -2.94. The number of fused-ring (bicyclic) bond motifs is 1. The van der Waals surface area contributed by atoms with Crippen molar-refractivity contribution in [2.75, 3.05) is 0 Å². The summed E-state index contributed by atoms with van der Waals surface area (Å²) in [6, 6.07) is 18.7. The van der Waals surface area contributed by atoms with Gasteiger partial charge in [0.2, 0.25) is 0 Å². The molecule has 3 heteroatoms. The van der Waals surface area contributed by atoms with Crippen LogP contribution in [0.1, 0.15) is 21.6 Å². The van der Waals surface area contributed by atoms with Gasteiger partial charge in [0.05, 0.1) is 16.8 Å². The van der Waals surface area contributed by atoms with Crippen molar-refractivity contribution < 1.29 is 9.90 Å². The lowest BCUT2D eigenvalue weighted by Crippen LogP contribution is -2.00. The Morgan fingerprint density at radius 1 is 0.952 bits per heavy atom. The molecule has 0 fully saturated rings. The minimum absolute atomic E-state index is 0.272. The zero-order valence-corrected chi connectivity index (χ0v) is 11.2. The smallest absolute Gasteiger partial charge is 0.336 e. The number of para-hydroxylation sites is 1. The second-order valence-corrected chi connectivity index (χ2v) is 4.66. The molecule has 21 heavy (non-hydrogen) atoms. The summed E-state index contributed by atoms with van der Waals surface area (Å²) in [5, 5.41) is 10.00. The molecule has 0 saturated heterocycles. The van der Waals surface area contributed by atoms with Gasteiger partial charge in [-0.2, -0.15) is 0 Å². The van der Waals surface area contributed by atoms with Crippen LogP contribution < -0.4 is 0 Å². The van der Waals surface area contributed by atoms with Crippen LogP contribution in [0.3, 0.4) is 0 Å². The predicted molar refractivity (Wildman–Crippen MR) is 84.1 cm³/mol. The number of carboxylic acids is 1. The summed E-state index contributed by atoms with van der Waals surface area (Å²) in [6.45, 7) is 0. The molecule has 0 bridgehead atoms. The zero-order valence-electron chi connectivity index (χ0n) is 11.2. The molecule has 1 N–H and O–H groups in total. The lowest BCUT2D eigenvalue weighted by Gasteiger charge is -2.04. The summed E-state index contributed by atoms with van der Waals surface area (Å²) < 4.78 is 0. The number of hydrogen-bond donors (Lipinski definition) is 1. The van der Waals surface area contributed by atoms with Crippen molar-refractivity contribution in [2.45, 2.75) is 0 Å². The van der Waals surface area contributed by atoms with Crippen molar-refractivity contribution in [1.29, 1.82) is 0 Å². The molecule has 102 valence electrons. The number of carboxylic acid groups (broad SMARTS) is 1. The van der Waals surface area contributed by atoms with E-state index in [1.807, 2.05) is 60.7 Å². The molecule has 0 unspecified atom stereocenters.